The Labute approximate surface area is 215 Å². The molecule has 0 spiro atoms. The lowest BCUT2D eigenvalue weighted by molar-refractivity contribution is -0.119. The Morgan fingerprint density at radius 2 is 1.50 bits per heavy atom. The standard InChI is InChI=1S/C26H32ClN5O4/c27-17-5-7-21(8-6-17)31-26(36)32-16-22(33)13-24(32)25(35)30-20-11-9-19(10-12-20)29-15-23(34)14-28-18-3-1-2-4-18/h5-12,18,22,24,28-29,33H,1-4,13-16H2,(H,30,35)(H,31,36)/t22-,24-/m1/s1. The van der Waals surface area contributed by atoms with Crippen molar-refractivity contribution < 1.29 is 19.5 Å². The highest BCUT2D eigenvalue weighted by Gasteiger charge is 2.39. The minimum atomic E-state index is -0.810. The van der Waals surface area contributed by atoms with Gasteiger partial charge in [0.15, 0.2) is 5.78 Å². The van der Waals surface area contributed by atoms with E-state index in [0.29, 0.717) is 29.0 Å². The van der Waals surface area contributed by atoms with Gasteiger partial charge < -0.3 is 31.3 Å². The topological polar surface area (TPSA) is 123 Å². The van der Waals surface area contributed by atoms with Gasteiger partial charge in [-0.15, -0.1) is 0 Å². The van der Waals surface area contributed by atoms with Crippen molar-refractivity contribution in [3.8, 4) is 0 Å². The van der Waals surface area contributed by atoms with Crippen molar-refractivity contribution in [1.29, 1.82) is 0 Å². The van der Waals surface area contributed by atoms with Crippen LogP contribution in [0.5, 0.6) is 0 Å². The predicted molar refractivity (Wildman–Crippen MR) is 140 cm³/mol. The molecule has 2 aromatic carbocycles. The van der Waals surface area contributed by atoms with Crippen LogP contribution in [0.1, 0.15) is 32.1 Å². The number of likely N-dealkylation sites (tertiary alicyclic amines) is 1. The maximum atomic E-state index is 12.9. The average Bonchev–Trinajstić information content (AvgIpc) is 3.53. The van der Waals surface area contributed by atoms with E-state index in [2.05, 4.69) is 21.3 Å². The normalized spacial score (nSPS) is 19.8. The molecule has 9 nitrogen and oxygen atoms in total. The Balaban J connectivity index is 1.26. The summed E-state index contributed by atoms with van der Waals surface area (Å²) in [5.41, 5.74) is 1.86. The minimum Gasteiger partial charge on any atom is -0.391 e. The zero-order chi connectivity index (χ0) is 25.5. The predicted octanol–water partition coefficient (Wildman–Crippen LogP) is 3.46. The zero-order valence-corrected chi connectivity index (χ0v) is 20.8. The van der Waals surface area contributed by atoms with Crippen LogP contribution in [0.15, 0.2) is 48.5 Å². The highest BCUT2D eigenvalue weighted by Crippen LogP contribution is 2.23. The van der Waals surface area contributed by atoms with Crippen LogP contribution in [-0.2, 0) is 9.59 Å². The molecule has 0 bridgehead atoms. The first-order valence-electron chi connectivity index (χ1n) is 12.3. The van der Waals surface area contributed by atoms with Crippen LogP contribution >= 0.6 is 11.6 Å². The Hall–Kier alpha value is -3.14. The third-order valence-electron chi connectivity index (χ3n) is 6.52. The molecule has 3 amide bonds. The number of ketones is 1. The molecule has 2 aliphatic rings. The number of amides is 3. The van der Waals surface area contributed by atoms with Crippen LogP contribution in [0.2, 0.25) is 5.02 Å². The molecule has 0 radical (unpaired) electrons. The number of β-amino-alcohol motifs (C(OH)–C–C–N with tert-alkyl or cyclic N) is 1. The van der Waals surface area contributed by atoms with E-state index in [9.17, 15) is 19.5 Å². The van der Waals surface area contributed by atoms with Gasteiger partial charge in [0.05, 0.1) is 19.2 Å². The van der Waals surface area contributed by atoms with E-state index in [0.717, 1.165) is 18.5 Å². The highest BCUT2D eigenvalue weighted by molar-refractivity contribution is 6.30. The number of rotatable bonds is 9. The molecule has 36 heavy (non-hydrogen) atoms. The number of Topliss-reactive ketones (excluding diaryl/α,β-unsaturated/α-hetero) is 1. The van der Waals surface area contributed by atoms with Crippen LogP contribution in [0.4, 0.5) is 21.9 Å². The fraction of sp³-hybridized carbons (Fsp3) is 0.423. The van der Waals surface area contributed by atoms with Crippen molar-refractivity contribution in [2.75, 3.05) is 35.6 Å². The SMILES string of the molecule is O=C(CNc1ccc(NC(=O)[C@H]2C[C@@H](O)CN2C(=O)Nc2ccc(Cl)cc2)cc1)CNC1CCCC1. The fourth-order valence-corrected chi connectivity index (χ4v) is 4.69. The molecule has 1 heterocycles. The van der Waals surface area contributed by atoms with Gasteiger partial charge in [0, 0.05) is 41.1 Å². The summed E-state index contributed by atoms with van der Waals surface area (Å²) in [4.78, 5) is 39.1. The third-order valence-corrected chi connectivity index (χ3v) is 6.78. The summed E-state index contributed by atoms with van der Waals surface area (Å²) in [6.45, 7) is 0.647. The van der Waals surface area contributed by atoms with Crippen LogP contribution in [0.3, 0.4) is 0 Å². The van der Waals surface area contributed by atoms with E-state index in [-0.39, 0.29) is 31.2 Å². The van der Waals surface area contributed by atoms with Gasteiger partial charge in [-0.25, -0.2) is 4.79 Å². The number of nitrogens with zero attached hydrogens (tertiary/aromatic N) is 1. The van der Waals surface area contributed by atoms with Gasteiger partial charge >= 0.3 is 6.03 Å². The summed E-state index contributed by atoms with van der Waals surface area (Å²) in [5.74, 6) is -0.289. The average molecular weight is 514 g/mol. The van der Waals surface area contributed by atoms with Crippen molar-refractivity contribution in [3.05, 3.63) is 53.6 Å². The maximum absolute atomic E-state index is 12.9. The molecule has 1 aliphatic heterocycles. The molecule has 4 rings (SSSR count). The molecule has 2 fully saturated rings. The fourth-order valence-electron chi connectivity index (χ4n) is 4.56. The smallest absolute Gasteiger partial charge is 0.322 e. The number of hydrogen-bond donors (Lipinski definition) is 5. The second-order valence-electron chi connectivity index (χ2n) is 9.32. The second-order valence-corrected chi connectivity index (χ2v) is 9.75. The Morgan fingerprint density at radius 3 is 2.19 bits per heavy atom. The van der Waals surface area contributed by atoms with Gasteiger partial charge in [-0.2, -0.15) is 0 Å². The quantitative estimate of drug-likeness (QED) is 0.350. The molecule has 2 atom stereocenters. The van der Waals surface area contributed by atoms with Gasteiger partial charge in [-0.3, -0.25) is 9.59 Å². The first-order valence-corrected chi connectivity index (χ1v) is 12.7. The zero-order valence-electron chi connectivity index (χ0n) is 20.0. The lowest BCUT2D eigenvalue weighted by Gasteiger charge is -2.24. The van der Waals surface area contributed by atoms with Crippen molar-refractivity contribution >= 4 is 46.4 Å². The van der Waals surface area contributed by atoms with Crippen molar-refractivity contribution in [2.24, 2.45) is 0 Å². The summed E-state index contributed by atoms with van der Waals surface area (Å²) < 4.78 is 0. The summed E-state index contributed by atoms with van der Waals surface area (Å²) >= 11 is 5.88. The Kier molecular flexibility index (Phi) is 8.79. The van der Waals surface area contributed by atoms with E-state index in [1.807, 2.05) is 0 Å². The minimum absolute atomic E-state index is 0.0595. The number of halogens is 1. The third kappa shape index (κ3) is 7.19. The summed E-state index contributed by atoms with van der Waals surface area (Å²) in [6.07, 6.45) is 4.09. The number of aliphatic hydroxyl groups is 1. The summed E-state index contributed by atoms with van der Waals surface area (Å²) in [6, 6.07) is 12.8. The largest absolute Gasteiger partial charge is 0.391 e. The molecule has 10 heteroatoms. The second kappa shape index (κ2) is 12.2. The van der Waals surface area contributed by atoms with E-state index in [4.69, 9.17) is 11.6 Å². The molecule has 1 saturated carbocycles. The first kappa shape index (κ1) is 25.9. The number of aliphatic hydroxyl groups excluding tert-OH is 1. The monoisotopic (exact) mass is 513 g/mol. The van der Waals surface area contributed by atoms with Crippen molar-refractivity contribution in [3.63, 3.8) is 0 Å². The van der Waals surface area contributed by atoms with E-state index in [1.54, 1.807) is 48.5 Å². The molecular formula is C26H32ClN5O4. The van der Waals surface area contributed by atoms with Gasteiger partial charge in [-0.05, 0) is 61.4 Å². The molecule has 0 aromatic heterocycles. The van der Waals surface area contributed by atoms with Crippen molar-refractivity contribution in [1.82, 2.24) is 10.2 Å². The molecule has 1 aliphatic carbocycles. The number of carbonyl (C=O) groups excluding carboxylic acids is 3. The number of carbonyl (C=O) groups is 3. The Bertz CT molecular complexity index is 1060. The lowest BCUT2D eigenvalue weighted by Crippen LogP contribution is -2.45. The number of benzene rings is 2. The van der Waals surface area contributed by atoms with E-state index < -0.39 is 18.2 Å². The van der Waals surface area contributed by atoms with Crippen LogP contribution < -0.4 is 21.3 Å². The molecular weight excluding hydrogens is 482 g/mol. The highest BCUT2D eigenvalue weighted by atomic mass is 35.5. The van der Waals surface area contributed by atoms with Gasteiger partial charge in [0.25, 0.3) is 0 Å². The maximum Gasteiger partial charge on any atom is 0.322 e. The summed E-state index contributed by atoms with van der Waals surface area (Å²) in [5, 5.41) is 22.6. The molecule has 0 unspecified atom stereocenters. The van der Waals surface area contributed by atoms with Crippen LogP contribution in [0, 0.1) is 0 Å². The number of hydrogen-bond acceptors (Lipinski definition) is 6. The number of anilines is 3. The Morgan fingerprint density at radius 1 is 0.889 bits per heavy atom. The van der Waals surface area contributed by atoms with Crippen molar-refractivity contribution in [2.45, 2.75) is 50.3 Å². The first-order chi connectivity index (χ1) is 17.4. The van der Waals surface area contributed by atoms with Crippen LogP contribution in [0.25, 0.3) is 0 Å². The number of urea groups is 1. The molecule has 1 saturated heterocycles. The van der Waals surface area contributed by atoms with E-state index in [1.165, 1.54) is 17.7 Å². The molecule has 2 aromatic rings. The van der Waals surface area contributed by atoms with Gasteiger partial charge in [0.1, 0.15) is 6.04 Å². The molecule has 192 valence electrons. The van der Waals surface area contributed by atoms with Gasteiger partial charge in [-0.1, -0.05) is 24.4 Å². The van der Waals surface area contributed by atoms with Gasteiger partial charge in [0.2, 0.25) is 5.91 Å². The summed E-state index contributed by atoms with van der Waals surface area (Å²) in [7, 11) is 0. The molecule has 5 N–H and O–H groups in total. The van der Waals surface area contributed by atoms with Crippen LogP contribution in [-0.4, -0.2) is 65.5 Å². The number of nitrogens with one attached hydrogen (secondary N) is 4. The van der Waals surface area contributed by atoms with E-state index >= 15 is 0 Å². The lowest BCUT2D eigenvalue weighted by atomic mass is 10.1.